The van der Waals surface area contributed by atoms with Crippen LogP contribution in [0.5, 0.6) is 0 Å². The molecule has 14 heavy (non-hydrogen) atoms. The topological polar surface area (TPSA) is 9.23 Å². The van der Waals surface area contributed by atoms with Crippen LogP contribution in [0.15, 0.2) is 24.3 Å². The number of benzene rings is 1. The SMILES string of the molecule is COCc1ccc([B-](F)(F)F)cc1.[K+]. The van der Waals surface area contributed by atoms with Gasteiger partial charge < -0.3 is 17.7 Å². The quantitative estimate of drug-likeness (QED) is 0.596. The summed E-state index contributed by atoms with van der Waals surface area (Å²) in [6.07, 6.45) is 0. The van der Waals surface area contributed by atoms with E-state index in [9.17, 15) is 12.9 Å². The molecule has 0 saturated carbocycles. The Balaban J connectivity index is 0.00000169. The average molecular weight is 228 g/mol. The van der Waals surface area contributed by atoms with E-state index >= 15 is 0 Å². The molecule has 6 heteroatoms. The molecular formula is C8H9BF3KO. The summed E-state index contributed by atoms with van der Waals surface area (Å²) in [5.41, 5.74) is 0.172. The summed E-state index contributed by atoms with van der Waals surface area (Å²) in [5.74, 6) is 0. The van der Waals surface area contributed by atoms with Crippen LogP contribution in [0.25, 0.3) is 0 Å². The van der Waals surface area contributed by atoms with Crippen LogP contribution in [0.1, 0.15) is 5.56 Å². The zero-order valence-corrected chi connectivity index (χ0v) is 11.3. The maximum atomic E-state index is 12.1. The van der Waals surface area contributed by atoms with Gasteiger partial charge in [0.2, 0.25) is 0 Å². The molecule has 72 valence electrons. The number of halogens is 3. The Bertz CT molecular complexity index is 273. The fourth-order valence-corrected chi connectivity index (χ4v) is 0.999. The molecule has 0 fully saturated rings. The summed E-state index contributed by atoms with van der Waals surface area (Å²) in [4.78, 5) is 0. The summed E-state index contributed by atoms with van der Waals surface area (Å²) in [5, 5.41) is 0. The molecular weight excluding hydrogens is 219 g/mol. The average Bonchev–Trinajstić information content (AvgIpc) is 2.04. The summed E-state index contributed by atoms with van der Waals surface area (Å²) < 4.78 is 41.2. The second-order valence-electron chi connectivity index (χ2n) is 2.75. The van der Waals surface area contributed by atoms with E-state index in [-0.39, 0.29) is 51.4 Å². The van der Waals surface area contributed by atoms with Gasteiger partial charge in [0.1, 0.15) is 0 Å². The number of methoxy groups -OCH3 is 1. The van der Waals surface area contributed by atoms with Gasteiger partial charge in [-0.2, -0.15) is 0 Å². The van der Waals surface area contributed by atoms with Crippen LogP contribution in [0.3, 0.4) is 0 Å². The van der Waals surface area contributed by atoms with Gasteiger partial charge in [-0.1, -0.05) is 24.3 Å². The van der Waals surface area contributed by atoms with Gasteiger partial charge in [-0.3, -0.25) is 0 Å². The molecule has 0 bridgehead atoms. The molecule has 1 nitrogen and oxygen atoms in total. The minimum atomic E-state index is -4.87. The van der Waals surface area contributed by atoms with Crippen LogP contribution in [0, 0.1) is 0 Å². The van der Waals surface area contributed by atoms with Crippen LogP contribution in [0.4, 0.5) is 12.9 Å². The molecule has 0 aliphatic heterocycles. The van der Waals surface area contributed by atoms with E-state index in [1.165, 1.54) is 19.2 Å². The largest absolute Gasteiger partial charge is 1.00 e. The Morgan fingerprint density at radius 1 is 1.14 bits per heavy atom. The van der Waals surface area contributed by atoms with E-state index in [1.54, 1.807) is 0 Å². The minimum absolute atomic E-state index is 0. The Morgan fingerprint density at radius 3 is 2.00 bits per heavy atom. The van der Waals surface area contributed by atoms with Crippen molar-refractivity contribution in [2.45, 2.75) is 6.61 Å². The molecule has 0 aliphatic carbocycles. The van der Waals surface area contributed by atoms with Crippen molar-refractivity contribution in [2.24, 2.45) is 0 Å². The predicted octanol–water partition coefficient (Wildman–Crippen LogP) is -1.11. The molecule has 1 rings (SSSR count). The number of rotatable bonds is 3. The van der Waals surface area contributed by atoms with Crippen molar-refractivity contribution in [3.8, 4) is 0 Å². The van der Waals surface area contributed by atoms with Crippen molar-refractivity contribution < 1.29 is 69.1 Å². The summed E-state index contributed by atoms with van der Waals surface area (Å²) in [6, 6.07) is 5.00. The molecule has 0 saturated heterocycles. The molecule has 0 atom stereocenters. The Labute approximate surface area is 123 Å². The normalized spacial score (nSPS) is 10.9. The van der Waals surface area contributed by atoms with E-state index < -0.39 is 12.4 Å². The molecule has 0 N–H and O–H groups in total. The molecule has 1 aromatic carbocycles. The second-order valence-corrected chi connectivity index (χ2v) is 2.75. The fourth-order valence-electron chi connectivity index (χ4n) is 0.999. The Kier molecular flexibility index (Phi) is 6.60. The van der Waals surface area contributed by atoms with Crippen LogP contribution in [-0.4, -0.2) is 14.1 Å². The minimum Gasteiger partial charge on any atom is -0.445 e. The molecule has 0 aliphatic rings. The van der Waals surface area contributed by atoms with E-state index in [2.05, 4.69) is 0 Å². The van der Waals surface area contributed by atoms with Crippen LogP contribution >= 0.6 is 0 Å². The van der Waals surface area contributed by atoms with Crippen molar-refractivity contribution in [3.05, 3.63) is 29.8 Å². The summed E-state index contributed by atoms with van der Waals surface area (Å²) in [7, 11) is 1.50. The Hall–Kier alpha value is 0.671. The van der Waals surface area contributed by atoms with Gasteiger partial charge in [0.15, 0.2) is 0 Å². The Morgan fingerprint density at radius 2 is 1.64 bits per heavy atom. The summed E-state index contributed by atoms with van der Waals surface area (Å²) >= 11 is 0. The third-order valence-corrected chi connectivity index (χ3v) is 1.67. The first-order chi connectivity index (χ1) is 6.04. The van der Waals surface area contributed by atoms with E-state index in [0.717, 1.165) is 17.7 Å². The molecule has 0 heterocycles. The van der Waals surface area contributed by atoms with Gasteiger partial charge >= 0.3 is 58.4 Å². The third kappa shape index (κ3) is 4.46. The van der Waals surface area contributed by atoms with Gasteiger partial charge in [0, 0.05) is 7.11 Å². The third-order valence-electron chi connectivity index (χ3n) is 1.67. The van der Waals surface area contributed by atoms with E-state index in [4.69, 9.17) is 4.74 Å². The summed E-state index contributed by atoms with van der Waals surface area (Å²) in [6.45, 7) is -4.53. The fraction of sp³-hybridized carbons (Fsp3) is 0.250. The first-order valence-electron chi connectivity index (χ1n) is 3.82. The number of ether oxygens (including phenoxy) is 1. The van der Waals surface area contributed by atoms with Gasteiger partial charge in [-0.25, -0.2) is 0 Å². The van der Waals surface area contributed by atoms with Crippen molar-refractivity contribution in [3.63, 3.8) is 0 Å². The van der Waals surface area contributed by atoms with Crippen LogP contribution < -0.4 is 56.8 Å². The zero-order valence-electron chi connectivity index (χ0n) is 8.14. The van der Waals surface area contributed by atoms with Gasteiger partial charge in [0.25, 0.3) is 0 Å². The van der Waals surface area contributed by atoms with Gasteiger partial charge in [-0.15, -0.1) is 5.46 Å². The van der Waals surface area contributed by atoms with Crippen molar-refractivity contribution in [1.82, 2.24) is 0 Å². The van der Waals surface area contributed by atoms with Crippen molar-refractivity contribution >= 4 is 12.4 Å². The molecule has 1 aromatic rings. The van der Waals surface area contributed by atoms with Crippen LogP contribution in [0.2, 0.25) is 0 Å². The van der Waals surface area contributed by atoms with E-state index in [0.29, 0.717) is 6.61 Å². The molecule has 0 amide bonds. The molecule has 0 radical (unpaired) electrons. The van der Waals surface area contributed by atoms with Crippen LogP contribution in [-0.2, 0) is 11.3 Å². The van der Waals surface area contributed by atoms with Gasteiger partial charge in [-0.05, 0) is 5.56 Å². The molecule has 0 aromatic heterocycles. The van der Waals surface area contributed by atoms with Gasteiger partial charge in [0.05, 0.1) is 6.61 Å². The van der Waals surface area contributed by atoms with Crippen molar-refractivity contribution in [1.29, 1.82) is 0 Å². The predicted molar refractivity (Wildman–Crippen MR) is 45.9 cm³/mol. The monoisotopic (exact) mass is 228 g/mol. The smallest absolute Gasteiger partial charge is 0.445 e. The van der Waals surface area contributed by atoms with E-state index in [1.807, 2.05) is 0 Å². The van der Waals surface area contributed by atoms with Crippen molar-refractivity contribution in [2.75, 3.05) is 7.11 Å². The second kappa shape index (κ2) is 6.30. The zero-order chi connectivity index (χ0) is 9.90. The maximum Gasteiger partial charge on any atom is 1.00 e. The first-order valence-corrected chi connectivity index (χ1v) is 3.82. The first kappa shape index (κ1) is 14.7. The standard InChI is InChI=1S/C8H9BF3O.K/c1-13-6-7-2-4-8(5-3-7)9(10,11)12;/h2-5H,6H2,1H3;/q-1;+1. The number of hydrogen-bond donors (Lipinski definition) is 0. The molecule has 0 unspecified atom stereocenters. The maximum absolute atomic E-state index is 12.1. The molecule has 0 spiro atoms. The number of hydrogen-bond acceptors (Lipinski definition) is 1.